The van der Waals surface area contributed by atoms with Crippen molar-refractivity contribution in [3.05, 3.63) is 41.0 Å². The Hall–Kier alpha value is -1.73. The highest BCUT2D eigenvalue weighted by atomic mass is 32.2. The highest BCUT2D eigenvalue weighted by Gasteiger charge is 2.33. The molecule has 6 nitrogen and oxygen atoms in total. The zero-order valence-electron chi connectivity index (χ0n) is 16.1. The van der Waals surface area contributed by atoms with Gasteiger partial charge in [-0.1, -0.05) is 11.2 Å². The van der Waals surface area contributed by atoms with Crippen LogP contribution in [0.3, 0.4) is 0 Å². The quantitative estimate of drug-likeness (QED) is 0.767. The molecule has 2 fully saturated rings. The number of nitrogens with zero attached hydrogens (tertiary/aromatic N) is 3. The lowest BCUT2D eigenvalue weighted by Gasteiger charge is -2.31. The Morgan fingerprint density at radius 3 is 2.71 bits per heavy atom. The molecule has 2 aliphatic carbocycles. The van der Waals surface area contributed by atoms with Crippen molar-refractivity contribution in [1.82, 2.24) is 14.4 Å². The molecule has 1 saturated carbocycles. The van der Waals surface area contributed by atoms with Crippen LogP contribution in [-0.2, 0) is 29.3 Å². The van der Waals surface area contributed by atoms with Gasteiger partial charge in [0.05, 0.1) is 4.90 Å². The zero-order valence-corrected chi connectivity index (χ0v) is 17.0. The van der Waals surface area contributed by atoms with Crippen molar-refractivity contribution in [1.29, 1.82) is 0 Å². The minimum atomic E-state index is -3.45. The fourth-order valence-electron chi connectivity index (χ4n) is 4.54. The summed E-state index contributed by atoms with van der Waals surface area (Å²) in [4.78, 5) is 4.96. The number of benzene rings is 1. The van der Waals surface area contributed by atoms with Gasteiger partial charge in [0.2, 0.25) is 15.9 Å². The third-order valence-electron chi connectivity index (χ3n) is 6.33. The number of hydrogen-bond acceptors (Lipinski definition) is 5. The fourth-order valence-corrected chi connectivity index (χ4v) is 6.14. The molecule has 5 rings (SSSR count). The Bertz CT molecular complexity index is 965. The number of hydrogen-bond donors (Lipinski definition) is 0. The lowest BCUT2D eigenvalue weighted by Crippen LogP contribution is -2.40. The molecule has 0 bridgehead atoms. The van der Waals surface area contributed by atoms with Crippen LogP contribution in [0.4, 0.5) is 0 Å². The topological polar surface area (TPSA) is 76.3 Å². The Labute approximate surface area is 166 Å². The molecule has 0 radical (unpaired) electrons. The summed E-state index contributed by atoms with van der Waals surface area (Å²) in [5, 5.41) is 4.08. The van der Waals surface area contributed by atoms with Crippen molar-refractivity contribution in [2.24, 2.45) is 5.92 Å². The van der Waals surface area contributed by atoms with Crippen molar-refractivity contribution in [3.8, 4) is 0 Å². The summed E-state index contributed by atoms with van der Waals surface area (Å²) in [6.45, 7) is 1.12. The largest absolute Gasteiger partial charge is 0.339 e. The first kappa shape index (κ1) is 18.3. The molecule has 2 aromatic rings. The van der Waals surface area contributed by atoms with E-state index in [0.717, 1.165) is 50.8 Å². The first-order valence-corrected chi connectivity index (χ1v) is 12.0. The maximum Gasteiger partial charge on any atom is 0.243 e. The lowest BCUT2D eigenvalue weighted by atomic mass is 9.92. The van der Waals surface area contributed by atoms with E-state index in [1.54, 1.807) is 10.4 Å². The number of aryl methyl sites for hydroxylation is 2. The van der Waals surface area contributed by atoms with Crippen molar-refractivity contribution < 1.29 is 12.9 Å². The van der Waals surface area contributed by atoms with Crippen LogP contribution in [0.5, 0.6) is 0 Å². The molecule has 1 aromatic carbocycles. The second kappa shape index (κ2) is 7.26. The summed E-state index contributed by atoms with van der Waals surface area (Å²) in [7, 11) is -3.45. The van der Waals surface area contributed by atoms with Gasteiger partial charge in [0.1, 0.15) is 0 Å². The fraction of sp³-hybridized carbons (Fsp3) is 0.619. The van der Waals surface area contributed by atoms with E-state index in [9.17, 15) is 8.42 Å². The molecule has 1 unspecified atom stereocenters. The van der Waals surface area contributed by atoms with Gasteiger partial charge in [0.25, 0.3) is 0 Å². The summed E-state index contributed by atoms with van der Waals surface area (Å²) < 4.78 is 33.6. The lowest BCUT2D eigenvalue weighted by molar-refractivity contribution is 0.246. The summed E-state index contributed by atoms with van der Waals surface area (Å²) in [5.74, 6) is 2.18. The molecule has 28 heavy (non-hydrogen) atoms. The molecule has 0 spiro atoms. The minimum Gasteiger partial charge on any atom is -0.339 e. The van der Waals surface area contributed by atoms with Gasteiger partial charge in [-0.3, -0.25) is 0 Å². The number of rotatable bonds is 5. The zero-order chi connectivity index (χ0) is 19.1. The molecule has 1 atom stereocenters. The van der Waals surface area contributed by atoms with Gasteiger partial charge < -0.3 is 4.52 Å². The van der Waals surface area contributed by atoms with E-state index in [1.165, 1.54) is 17.5 Å². The van der Waals surface area contributed by atoms with Gasteiger partial charge in [-0.2, -0.15) is 9.29 Å². The van der Waals surface area contributed by atoms with E-state index in [-0.39, 0.29) is 5.92 Å². The Balaban J connectivity index is 1.30. The minimum absolute atomic E-state index is 0.230. The van der Waals surface area contributed by atoms with Crippen molar-refractivity contribution >= 4 is 10.0 Å². The van der Waals surface area contributed by atoms with Gasteiger partial charge in [0.15, 0.2) is 5.82 Å². The van der Waals surface area contributed by atoms with Crippen LogP contribution in [0.15, 0.2) is 27.6 Å². The van der Waals surface area contributed by atoms with Gasteiger partial charge in [0, 0.05) is 25.4 Å². The van der Waals surface area contributed by atoms with Gasteiger partial charge in [-0.25, -0.2) is 8.42 Å². The Morgan fingerprint density at radius 1 is 1.07 bits per heavy atom. The molecule has 7 heteroatoms. The summed E-state index contributed by atoms with van der Waals surface area (Å²) in [5.41, 5.74) is 2.52. The third-order valence-corrected chi connectivity index (χ3v) is 8.19. The van der Waals surface area contributed by atoms with Crippen molar-refractivity contribution in [2.45, 2.75) is 68.6 Å². The average molecular weight is 402 g/mol. The highest BCUT2D eigenvalue weighted by molar-refractivity contribution is 7.89. The van der Waals surface area contributed by atoms with Gasteiger partial charge >= 0.3 is 0 Å². The Kier molecular flexibility index (Phi) is 4.75. The average Bonchev–Trinajstić information content (AvgIpc) is 3.47. The molecule has 2 heterocycles. The molecule has 3 aliphatic rings. The summed E-state index contributed by atoms with van der Waals surface area (Å²) in [6, 6.07) is 5.72. The first-order chi connectivity index (χ1) is 13.6. The molecule has 1 aromatic heterocycles. The maximum atomic E-state index is 13.2. The van der Waals surface area contributed by atoms with Crippen molar-refractivity contribution in [3.63, 3.8) is 0 Å². The third kappa shape index (κ3) is 3.62. The first-order valence-electron chi connectivity index (χ1n) is 10.5. The van der Waals surface area contributed by atoms with Crippen LogP contribution in [0.25, 0.3) is 0 Å². The summed E-state index contributed by atoms with van der Waals surface area (Å²) >= 11 is 0. The van der Waals surface area contributed by atoms with Crippen molar-refractivity contribution in [2.75, 3.05) is 13.1 Å². The van der Waals surface area contributed by atoms with E-state index in [4.69, 9.17) is 4.52 Å². The Morgan fingerprint density at radius 2 is 1.89 bits per heavy atom. The molecule has 150 valence electrons. The standard InChI is InChI=1S/C21H27N3O3S/c25-28(26,19-10-9-16-5-1-2-6-18(16)13-19)24-11-3-4-15(14-24)12-20-22-21(23-27-20)17-7-8-17/h9-10,13,15,17H,1-8,11-12,14H2. The summed E-state index contributed by atoms with van der Waals surface area (Å²) in [6.07, 6.45) is 9.23. The number of aromatic nitrogens is 2. The van der Waals surface area contributed by atoms with E-state index >= 15 is 0 Å². The van der Waals surface area contributed by atoms with E-state index in [2.05, 4.69) is 10.1 Å². The predicted molar refractivity (Wildman–Crippen MR) is 105 cm³/mol. The molecular formula is C21H27N3O3S. The van der Waals surface area contributed by atoms with Crippen LogP contribution in [-0.4, -0.2) is 36.0 Å². The molecule has 0 N–H and O–H groups in total. The molecule has 0 amide bonds. The van der Waals surface area contributed by atoms with Crippen LogP contribution in [0.1, 0.15) is 67.3 Å². The number of sulfonamides is 1. The molecule has 1 saturated heterocycles. The van der Waals surface area contributed by atoms with Crippen LogP contribution >= 0.6 is 0 Å². The van der Waals surface area contributed by atoms with Crippen LogP contribution in [0, 0.1) is 5.92 Å². The number of piperidine rings is 1. The predicted octanol–water partition coefficient (Wildman–Crippen LogP) is 3.47. The highest BCUT2D eigenvalue weighted by Crippen LogP contribution is 2.38. The number of fused-ring (bicyclic) bond motifs is 1. The second-order valence-electron chi connectivity index (χ2n) is 8.53. The molecule has 1 aliphatic heterocycles. The van der Waals surface area contributed by atoms with Crippen LogP contribution in [0.2, 0.25) is 0 Å². The van der Waals surface area contributed by atoms with Gasteiger partial charge in [-0.05, 0) is 80.5 Å². The van der Waals surface area contributed by atoms with E-state index in [1.807, 2.05) is 12.1 Å². The monoisotopic (exact) mass is 401 g/mol. The second-order valence-corrected chi connectivity index (χ2v) is 10.5. The van der Waals surface area contributed by atoms with E-state index in [0.29, 0.717) is 36.2 Å². The van der Waals surface area contributed by atoms with E-state index < -0.39 is 10.0 Å². The van der Waals surface area contributed by atoms with Crippen LogP contribution < -0.4 is 0 Å². The smallest absolute Gasteiger partial charge is 0.243 e. The van der Waals surface area contributed by atoms with Gasteiger partial charge in [-0.15, -0.1) is 0 Å². The SMILES string of the molecule is O=S(=O)(c1ccc2c(c1)CCCC2)N1CCCC(Cc2nc(C3CC3)no2)C1. The molecular weight excluding hydrogens is 374 g/mol. The normalized spacial score (nSPS) is 23.5. The maximum absolute atomic E-state index is 13.2.